The highest BCUT2D eigenvalue weighted by atomic mass is 16.1. The highest BCUT2D eigenvalue weighted by Crippen LogP contribution is 2.68. The van der Waals surface area contributed by atoms with Crippen LogP contribution in [0, 0.1) is 52.3 Å². The topological polar surface area (TPSA) is 34.1 Å². The van der Waals surface area contributed by atoms with E-state index in [1.165, 1.54) is 64.2 Å². The molecular formula is C30H48O2. The Bertz CT molecular complexity index is 726. The zero-order chi connectivity index (χ0) is 22.5. The quantitative estimate of drug-likeness (QED) is 0.437. The molecule has 0 radical (unpaired) electrons. The number of ketones is 2. The summed E-state index contributed by atoms with van der Waals surface area (Å²) in [6.07, 6.45) is 19.5. The van der Waals surface area contributed by atoms with Crippen molar-refractivity contribution in [3.8, 4) is 0 Å². The predicted molar refractivity (Wildman–Crippen MR) is 130 cm³/mol. The third-order valence-corrected chi connectivity index (χ3v) is 12.1. The van der Waals surface area contributed by atoms with Crippen LogP contribution in [0.5, 0.6) is 0 Å². The first-order chi connectivity index (χ1) is 15.3. The SMILES string of the molecule is C[C@H](CCC(=O)C1CCCC(=O)C1)[C@H]1CC[C@H]2[C@@H]3CCC4CCCC[C@]4(C)[C@H]3CC[C@]12C. The summed E-state index contributed by atoms with van der Waals surface area (Å²) >= 11 is 0. The third kappa shape index (κ3) is 3.84. The Hall–Kier alpha value is -0.660. The number of carbonyl (C=O) groups is 2. The number of carbonyl (C=O) groups excluding carboxylic acids is 2. The van der Waals surface area contributed by atoms with E-state index in [0.29, 0.717) is 47.6 Å². The first-order valence-corrected chi connectivity index (χ1v) is 14.4. The van der Waals surface area contributed by atoms with Gasteiger partial charge in [0, 0.05) is 25.2 Å². The Kier molecular flexibility index (Phi) is 6.38. The molecule has 0 N–H and O–H groups in total. The molecule has 9 atom stereocenters. The van der Waals surface area contributed by atoms with Crippen LogP contribution in [-0.2, 0) is 9.59 Å². The summed E-state index contributed by atoms with van der Waals surface area (Å²) in [4.78, 5) is 24.6. The first-order valence-electron chi connectivity index (χ1n) is 14.4. The third-order valence-electron chi connectivity index (χ3n) is 12.1. The molecule has 5 rings (SSSR count). The number of fused-ring (bicyclic) bond motifs is 5. The molecule has 32 heavy (non-hydrogen) atoms. The zero-order valence-electron chi connectivity index (χ0n) is 21.2. The van der Waals surface area contributed by atoms with Gasteiger partial charge in [-0.25, -0.2) is 0 Å². The van der Waals surface area contributed by atoms with Gasteiger partial charge >= 0.3 is 0 Å². The molecule has 0 heterocycles. The van der Waals surface area contributed by atoms with Crippen molar-refractivity contribution in [3.63, 3.8) is 0 Å². The van der Waals surface area contributed by atoms with Crippen molar-refractivity contribution in [2.24, 2.45) is 52.3 Å². The number of hydrogen-bond acceptors (Lipinski definition) is 2. The van der Waals surface area contributed by atoms with Crippen molar-refractivity contribution < 1.29 is 9.59 Å². The molecule has 5 aliphatic carbocycles. The van der Waals surface area contributed by atoms with E-state index in [-0.39, 0.29) is 5.92 Å². The highest BCUT2D eigenvalue weighted by Gasteiger charge is 2.60. The number of hydrogen-bond donors (Lipinski definition) is 0. The lowest BCUT2D eigenvalue weighted by Crippen LogP contribution is -2.53. The summed E-state index contributed by atoms with van der Waals surface area (Å²) in [6, 6.07) is 0. The van der Waals surface area contributed by atoms with Gasteiger partial charge < -0.3 is 0 Å². The van der Waals surface area contributed by atoms with E-state index in [1.807, 2.05) is 0 Å². The highest BCUT2D eigenvalue weighted by molar-refractivity contribution is 5.88. The van der Waals surface area contributed by atoms with Gasteiger partial charge in [0.2, 0.25) is 0 Å². The maximum absolute atomic E-state index is 12.8. The molecule has 0 spiro atoms. The minimum absolute atomic E-state index is 0.0391. The van der Waals surface area contributed by atoms with Crippen LogP contribution in [0.2, 0.25) is 0 Å². The largest absolute Gasteiger partial charge is 0.300 e. The summed E-state index contributed by atoms with van der Waals surface area (Å²) in [5.74, 6) is 6.08. The van der Waals surface area contributed by atoms with Crippen molar-refractivity contribution in [3.05, 3.63) is 0 Å². The molecule has 0 bridgehead atoms. The van der Waals surface area contributed by atoms with Gasteiger partial charge in [-0.3, -0.25) is 9.59 Å². The van der Waals surface area contributed by atoms with Crippen LogP contribution in [0.3, 0.4) is 0 Å². The lowest BCUT2D eigenvalue weighted by molar-refractivity contribution is -0.130. The molecule has 0 aliphatic heterocycles. The zero-order valence-corrected chi connectivity index (χ0v) is 21.2. The van der Waals surface area contributed by atoms with E-state index in [9.17, 15) is 9.59 Å². The second-order valence-corrected chi connectivity index (χ2v) is 13.4. The van der Waals surface area contributed by atoms with Crippen LogP contribution < -0.4 is 0 Å². The average Bonchev–Trinajstić information content (AvgIpc) is 3.14. The molecule has 5 aliphatic rings. The molecule has 2 nitrogen and oxygen atoms in total. The molecule has 0 amide bonds. The Balaban J connectivity index is 1.22. The molecule has 2 heteroatoms. The number of rotatable bonds is 5. The van der Waals surface area contributed by atoms with Gasteiger partial charge in [-0.05, 0) is 117 Å². The molecule has 0 aromatic rings. The summed E-state index contributed by atoms with van der Waals surface area (Å²) in [5, 5.41) is 0. The van der Waals surface area contributed by atoms with Crippen molar-refractivity contribution in [2.75, 3.05) is 0 Å². The molecule has 2 unspecified atom stereocenters. The van der Waals surface area contributed by atoms with E-state index < -0.39 is 0 Å². The fourth-order valence-corrected chi connectivity index (χ4v) is 10.3. The van der Waals surface area contributed by atoms with Gasteiger partial charge in [0.15, 0.2) is 0 Å². The van der Waals surface area contributed by atoms with E-state index in [1.54, 1.807) is 0 Å². The van der Waals surface area contributed by atoms with Crippen LogP contribution in [0.15, 0.2) is 0 Å². The van der Waals surface area contributed by atoms with Gasteiger partial charge in [0.1, 0.15) is 11.6 Å². The summed E-state index contributed by atoms with van der Waals surface area (Å²) in [5.41, 5.74) is 1.14. The maximum Gasteiger partial charge on any atom is 0.136 e. The van der Waals surface area contributed by atoms with Crippen LogP contribution in [0.4, 0.5) is 0 Å². The molecule has 0 aromatic heterocycles. The van der Waals surface area contributed by atoms with E-state index in [4.69, 9.17) is 0 Å². The lowest BCUT2D eigenvalue weighted by atomic mass is 9.44. The van der Waals surface area contributed by atoms with Crippen LogP contribution >= 0.6 is 0 Å². The molecule has 0 aromatic carbocycles. The predicted octanol–water partition coefficient (Wildman–Crippen LogP) is 7.78. The molecule has 5 saturated carbocycles. The minimum Gasteiger partial charge on any atom is -0.300 e. The normalized spacial score (nSPS) is 47.3. The Morgan fingerprint density at radius 2 is 1.72 bits per heavy atom. The second kappa shape index (κ2) is 8.84. The minimum atomic E-state index is 0.0391. The standard InChI is InChI=1S/C30H48O2/c1-20(10-15-28(32)21-7-6-9-23(31)19-21)25-13-14-26-24-12-11-22-8-4-5-17-29(22,2)27(24)16-18-30(25,26)3/h20-22,24-27H,4-19H2,1-3H3/t20-,21?,22?,24+,25-,26+,27+,29+,30-/m1/s1. The van der Waals surface area contributed by atoms with Crippen LogP contribution in [0.1, 0.15) is 124 Å². The molecular weight excluding hydrogens is 392 g/mol. The Morgan fingerprint density at radius 1 is 0.906 bits per heavy atom. The van der Waals surface area contributed by atoms with E-state index >= 15 is 0 Å². The smallest absolute Gasteiger partial charge is 0.136 e. The fourth-order valence-electron chi connectivity index (χ4n) is 10.3. The van der Waals surface area contributed by atoms with Crippen molar-refractivity contribution >= 4 is 11.6 Å². The summed E-state index contributed by atoms with van der Waals surface area (Å²) < 4.78 is 0. The maximum atomic E-state index is 12.8. The summed E-state index contributed by atoms with van der Waals surface area (Å²) in [6.45, 7) is 7.79. The van der Waals surface area contributed by atoms with Crippen LogP contribution in [-0.4, -0.2) is 11.6 Å². The van der Waals surface area contributed by atoms with Crippen molar-refractivity contribution in [2.45, 2.75) is 124 Å². The van der Waals surface area contributed by atoms with E-state index in [2.05, 4.69) is 20.8 Å². The van der Waals surface area contributed by atoms with Crippen LogP contribution in [0.25, 0.3) is 0 Å². The van der Waals surface area contributed by atoms with Gasteiger partial charge in [-0.1, -0.05) is 33.6 Å². The van der Waals surface area contributed by atoms with Gasteiger partial charge in [0.05, 0.1) is 0 Å². The molecule has 180 valence electrons. The van der Waals surface area contributed by atoms with Gasteiger partial charge in [0.25, 0.3) is 0 Å². The average molecular weight is 441 g/mol. The van der Waals surface area contributed by atoms with Gasteiger partial charge in [-0.2, -0.15) is 0 Å². The summed E-state index contributed by atoms with van der Waals surface area (Å²) in [7, 11) is 0. The Labute approximate surface area is 197 Å². The first kappa shape index (κ1) is 23.1. The monoisotopic (exact) mass is 440 g/mol. The second-order valence-electron chi connectivity index (χ2n) is 13.4. The number of Topliss-reactive ketones (excluding diaryl/α,β-unsaturated/α-hetero) is 2. The van der Waals surface area contributed by atoms with E-state index in [0.717, 1.165) is 48.9 Å². The molecule has 5 fully saturated rings. The lowest BCUT2D eigenvalue weighted by Gasteiger charge is -2.61. The van der Waals surface area contributed by atoms with Crippen molar-refractivity contribution in [1.82, 2.24) is 0 Å². The Morgan fingerprint density at radius 3 is 2.53 bits per heavy atom. The molecule has 0 saturated heterocycles. The fraction of sp³-hybridized carbons (Fsp3) is 0.933. The van der Waals surface area contributed by atoms with Crippen molar-refractivity contribution in [1.29, 1.82) is 0 Å². The van der Waals surface area contributed by atoms with Gasteiger partial charge in [-0.15, -0.1) is 0 Å².